The first-order valence-corrected chi connectivity index (χ1v) is 13.0. The number of amides is 1. The Morgan fingerprint density at radius 3 is 2.59 bits per heavy atom. The van der Waals surface area contributed by atoms with E-state index in [1.54, 1.807) is 18.4 Å². The van der Waals surface area contributed by atoms with Gasteiger partial charge in [0.05, 0.1) is 12.4 Å². The molecule has 5 rings (SSSR count). The summed E-state index contributed by atoms with van der Waals surface area (Å²) in [6.07, 6.45) is 0.928. The predicted molar refractivity (Wildman–Crippen MR) is 137 cm³/mol. The Bertz CT molecular complexity index is 1300. The lowest BCUT2D eigenvalue weighted by molar-refractivity contribution is -0.131. The molecule has 2 aromatic heterocycles. The molecule has 174 valence electrons. The van der Waals surface area contributed by atoms with Crippen LogP contribution in [-0.2, 0) is 17.8 Å². The Balaban J connectivity index is 1.44. The molecule has 0 fully saturated rings. The van der Waals surface area contributed by atoms with E-state index in [4.69, 9.17) is 4.74 Å². The molecule has 0 bridgehead atoms. The monoisotopic (exact) mass is 490 g/mol. The molecule has 0 saturated heterocycles. The maximum atomic E-state index is 13.3. The van der Waals surface area contributed by atoms with Gasteiger partial charge in [0.2, 0.25) is 5.91 Å². The summed E-state index contributed by atoms with van der Waals surface area (Å²) in [5.41, 5.74) is 4.34. The minimum absolute atomic E-state index is 0.131. The third-order valence-electron chi connectivity index (χ3n) is 6.02. The molecular formula is C26H26N4O2S2. The van der Waals surface area contributed by atoms with E-state index in [0.717, 1.165) is 35.8 Å². The van der Waals surface area contributed by atoms with Gasteiger partial charge in [-0.3, -0.25) is 9.36 Å². The first kappa shape index (κ1) is 22.7. The second-order valence-corrected chi connectivity index (χ2v) is 10.7. The SMILES string of the molecule is COc1ccc(-c2nnc(SC(C)C(=O)N3CCc4sccc4C3)n2-c2ccc(C)cc2)cc1. The number of nitrogens with zero attached hydrogens (tertiary/aromatic N) is 4. The number of benzene rings is 2. The highest BCUT2D eigenvalue weighted by Gasteiger charge is 2.28. The van der Waals surface area contributed by atoms with Crippen LogP contribution in [0.5, 0.6) is 5.75 Å². The molecule has 4 aromatic rings. The van der Waals surface area contributed by atoms with E-state index in [9.17, 15) is 4.79 Å². The topological polar surface area (TPSA) is 60.3 Å². The van der Waals surface area contributed by atoms with Crippen LogP contribution in [0.3, 0.4) is 0 Å². The van der Waals surface area contributed by atoms with Gasteiger partial charge in [-0.2, -0.15) is 0 Å². The van der Waals surface area contributed by atoms with E-state index < -0.39 is 0 Å². The lowest BCUT2D eigenvalue weighted by atomic mass is 10.1. The number of hydrogen-bond acceptors (Lipinski definition) is 6. The molecule has 1 aliphatic heterocycles. The summed E-state index contributed by atoms with van der Waals surface area (Å²) in [5.74, 6) is 1.65. The van der Waals surface area contributed by atoms with Crippen LogP contribution in [0.1, 0.15) is 22.9 Å². The van der Waals surface area contributed by atoms with Crippen molar-refractivity contribution in [3.05, 3.63) is 76.0 Å². The number of thiophene rings is 1. The number of ether oxygens (including phenoxy) is 1. The molecule has 1 atom stereocenters. The molecule has 0 saturated carbocycles. The molecule has 34 heavy (non-hydrogen) atoms. The van der Waals surface area contributed by atoms with Crippen LogP contribution >= 0.6 is 23.1 Å². The molecule has 0 aliphatic carbocycles. The van der Waals surface area contributed by atoms with Gasteiger partial charge < -0.3 is 9.64 Å². The van der Waals surface area contributed by atoms with Crippen molar-refractivity contribution in [2.45, 2.75) is 37.2 Å². The summed E-state index contributed by atoms with van der Waals surface area (Å²) in [6, 6.07) is 18.2. The van der Waals surface area contributed by atoms with E-state index in [0.29, 0.717) is 11.7 Å². The third kappa shape index (κ3) is 4.48. The number of aryl methyl sites for hydroxylation is 1. The van der Waals surface area contributed by atoms with Crippen molar-refractivity contribution < 1.29 is 9.53 Å². The zero-order valence-electron chi connectivity index (χ0n) is 19.4. The molecular weight excluding hydrogens is 464 g/mol. The van der Waals surface area contributed by atoms with Crippen molar-refractivity contribution in [2.75, 3.05) is 13.7 Å². The second-order valence-electron chi connectivity index (χ2n) is 8.34. The average molecular weight is 491 g/mol. The summed E-state index contributed by atoms with van der Waals surface area (Å²) in [7, 11) is 1.65. The van der Waals surface area contributed by atoms with E-state index in [2.05, 4.69) is 52.8 Å². The van der Waals surface area contributed by atoms with Crippen LogP contribution in [0.15, 0.2) is 65.1 Å². The fourth-order valence-corrected chi connectivity index (χ4v) is 5.94. The maximum Gasteiger partial charge on any atom is 0.236 e. The number of fused-ring (bicyclic) bond motifs is 1. The van der Waals surface area contributed by atoms with Gasteiger partial charge in [-0.05, 0) is 73.7 Å². The van der Waals surface area contributed by atoms with Gasteiger partial charge in [0.25, 0.3) is 0 Å². The molecule has 0 radical (unpaired) electrons. The summed E-state index contributed by atoms with van der Waals surface area (Å²) >= 11 is 3.23. The van der Waals surface area contributed by atoms with Crippen molar-refractivity contribution in [1.82, 2.24) is 19.7 Å². The first-order chi connectivity index (χ1) is 16.5. The van der Waals surface area contributed by atoms with Gasteiger partial charge >= 0.3 is 0 Å². The van der Waals surface area contributed by atoms with Crippen LogP contribution in [0.25, 0.3) is 17.1 Å². The second kappa shape index (κ2) is 9.64. The number of aromatic nitrogens is 3. The Kier molecular flexibility index (Phi) is 6.43. The number of rotatable bonds is 6. The highest BCUT2D eigenvalue weighted by molar-refractivity contribution is 8.00. The van der Waals surface area contributed by atoms with Gasteiger partial charge in [-0.1, -0.05) is 29.5 Å². The molecule has 1 aliphatic rings. The van der Waals surface area contributed by atoms with Crippen molar-refractivity contribution >= 4 is 29.0 Å². The van der Waals surface area contributed by atoms with Crippen molar-refractivity contribution in [3.63, 3.8) is 0 Å². The van der Waals surface area contributed by atoms with Crippen LogP contribution < -0.4 is 4.74 Å². The number of carbonyl (C=O) groups excluding carboxylic acids is 1. The molecule has 1 unspecified atom stereocenters. The molecule has 6 nitrogen and oxygen atoms in total. The number of hydrogen-bond donors (Lipinski definition) is 0. The standard InChI is InChI=1S/C26H26N4O2S2/c1-17-4-8-21(9-5-17)30-24(19-6-10-22(32-3)11-7-19)27-28-26(30)34-18(2)25(31)29-14-12-23-20(16-29)13-15-33-23/h4-11,13,15,18H,12,14,16H2,1-3H3. The summed E-state index contributed by atoms with van der Waals surface area (Å²) < 4.78 is 7.33. The number of methoxy groups -OCH3 is 1. The summed E-state index contributed by atoms with van der Waals surface area (Å²) in [5, 5.41) is 11.6. The largest absolute Gasteiger partial charge is 0.497 e. The zero-order chi connectivity index (χ0) is 23.7. The smallest absolute Gasteiger partial charge is 0.236 e. The number of carbonyl (C=O) groups is 1. The van der Waals surface area contributed by atoms with Gasteiger partial charge in [-0.15, -0.1) is 21.5 Å². The molecule has 8 heteroatoms. The first-order valence-electron chi connectivity index (χ1n) is 11.2. The van der Waals surface area contributed by atoms with E-state index in [1.807, 2.05) is 40.7 Å². The summed E-state index contributed by atoms with van der Waals surface area (Å²) in [4.78, 5) is 16.7. The van der Waals surface area contributed by atoms with Gasteiger partial charge in [0.1, 0.15) is 5.75 Å². The highest BCUT2D eigenvalue weighted by atomic mass is 32.2. The van der Waals surface area contributed by atoms with Crippen LogP contribution in [-0.4, -0.2) is 44.5 Å². The normalized spacial score (nSPS) is 14.0. The van der Waals surface area contributed by atoms with E-state index in [1.165, 1.54) is 27.8 Å². The van der Waals surface area contributed by atoms with Crippen LogP contribution in [0.2, 0.25) is 0 Å². The Labute approximate surface area is 207 Å². The quantitative estimate of drug-likeness (QED) is 0.340. The van der Waals surface area contributed by atoms with Gasteiger partial charge in [0, 0.05) is 29.2 Å². The lowest BCUT2D eigenvalue weighted by Crippen LogP contribution is -2.39. The molecule has 0 N–H and O–H groups in total. The predicted octanol–water partition coefficient (Wildman–Crippen LogP) is 5.38. The summed E-state index contributed by atoms with van der Waals surface area (Å²) in [6.45, 7) is 5.47. The minimum atomic E-state index is -0.280. The zero-order valence-corrected chi connectivity index (χ0v) is 21.0. The van der Waals surface area contributed by atoms with Crippen molar-refractivity contribution in [3.8, 4) is 22.8 Å². The maximum absolute atomic E-state index is 13.3. The van der Waals surface area contributed by atoms with Gasteiger partial charge in [0.15, 0.2) is 11.0 Å². The Hall–Kier alpha value is -3.10. The van der Waals surface area contributed by atoms with Crippen LogP contribution in [0.4, 0.5) is 0 Å². The fraction of sp³-hybridized carbons (Fsp3) is 0.269. The van der Waals surface area contributed by atoms with Crippen LogP contribution in [0, 0.1) is 6.92 Å². The van der Waals surface area contributed by atoms with Gasteiger partial charge in [-0.25, -0.2) is 0 Å². The lowest BCUT2D eigenvalue weighted by Gasteiger charge is -2.29. The highest BCUT2D eigenvalue weighted by Crippen LogP contribution is 2.32. The molecule has 2 aromatic carbocycles. The molecule has 0 spiro atoms. The average Bonchev–Trinajstić information content (AvgIpc) is 3.51. The van der Waals surface area contributed by atoms with E-state index >= 15 is 0 Å². The molecule has 1 amide bonds. The Morgan fingerprint density at radius 2 is 1.85 bits per heavy atom. The van der Waals surface area contributed by atoms with E-state index in [-0.39, 0.29) is 11.2 Å². The number of thioether (sulfide) groups is 1. The fourth-order valence-electron chi connectivity index (χ4n) is 4.10. The molecule has 3 heterocycles. The minimum Gasteiger partial charge on any atom is -0.497 e. The third-order valence-corrected chi connectivity index (χ3v) is 8.08. The van der Waals surface area contributed by atoms with Crippen molar-refractivity contribution in [2.24, 2.45) is 0 Å². The Morgan fingerprint density at radius 1 is 1.09 bits per heavy atom. The van der Waals surface area contributed by atoms with Crippen molar-refractivity contribution in [1.29, 1.82) is 0 Å².